The van der Waals surface area contributed by atoms with Crippen LogP contribution < -0.4 is 0 Å². The van der Waals surface area contributed by atoms with Crippen molar-refractivity contribution < 1.29 is 9.90 Å². The predicted octanol–water partition coefficient (Wildman–Crippen LogP) is 2.32. The fourth-order valence-electron chi connectivity index (χ4n) is 0.392. The van der Waals surface area contributed by atoms with Crippen LogP contribution in [0.25, 0.3) is 0 Å². The number of aliphatic hydroxyl groups is 1. The van der Waals surface area contributed by atoms with E-state index >= 15 is 0 Å². The van der Waals surface area contributed by atoms with Crippen LogP contribution in [0, 0.1) is 0 Å². The Morgan fingerprint density at radius 3 is 2.08 bits per heavy atom. The van der Waals surface area contributed by atoms with Gasteiger partial charge in [0, 0.05) is 6.61 Å². The molecule has 0 unspecified atom stereocenters. The van der Waals surface area contributed by atoms with Gasteiger partial charge < -0.3 is 5.11 Å². The van der Waals surface area contributed by atoms with E-state index in [0.717, 1.165) is 31.1 Å². The second-order valence-corrected chi connectivity index (χ2v) is 2.58. The molecule has 0 aliphatic rings. The standard InChI is InChI=1S/C6H10O.C4H10O/c1-3-6(2)4-5-7;1-2-3-4-5/h4-5H,3H2,1-2H3;5H,2-4H2,1H3. The van der Waals surface area contributed by atoms with Gasteiger partial charge in [-0.25, -0.2) is 0 Å². The molecule has 0 aromatic heterocycles. The topological polar surface area (TPSA) is 37.3 Å². The fraction of sp³-hybridized carbons (Fsp3) is 0.700. The van der Waals surface area contributed by atoms with Crippen molar-refractivity contribution in [1.82, 2.24) is 0 Å². The van der Waals surface area contributed by atoms with E-state index in [0.29, 0.717) is 6.61 Å². The van der Waals surface area contributed by atoms with Crippen LogP contribution in [-0.4, -0.2) is 18.0 Å². The summed E-state index contributed by atoms with van der Waals surface area (Å²) in [7, 11) is 0. The number of hydrogen-bond donors (Lipinski definition) is 1. The molecule has 72 valence electrons. The Kier molecular flexibility index (Phi) is 15.1. The summed E-state index contributed by atoms with van der Waals surface area (Å²) in [6.45, 7) is 6.36. The van der Waals surface area contributed by atoms with Crippen molar-refractivity contribution in [3.8, 4) is 0 Å². The molecule has 12 heavy (non-hydrogen) atoms. The Morgan fingerprint density at radius 1 is 1.42 bits per heavy atom. The molecule has 0 aromatic carbocycles. The summed E-state index contributed by atoms with van der Waals surface area (Å²) in [6.07, 6.45) is 5.41. The van der Waals surface area contributed by atoms with Crippen LogP contribution in [-0.2, 0) is 4.79 Å². The highest BCUT2D eigenvalue weighted by molar-refractivity contribution is 5.65. The van der Waals surface area contributed by atoms with Crippen LogP contribution in [0.15, 0.2) is 11.6 Å². The van der Waals surface area contributed by atoms with Gasteiger partial charge in [-0.1, -0.05) is 25.8 Å². The lowest BCUT2D eigenvalue weighted by molar-refractivity contribution is -0.104. The van der Waals surface area contributed by atoms with E-state index in [9.17, 15) is 4.79 Å². The smallest absolute Gasteiger partial charge is 0.142 e. The Bertz CT molecular complexity index is 115. The molecule has 0 saturated carbocycles. The van der Waals surface area contributed by atoms with E-state index in [2.05, 4.69) is 6.92 Å². The first-order valence-electron chi connectivity index (χ1n) is 4.44. The van der Waals surface area contributed by atoms with Gasteiger partial charge in [-0.15, -0.1) is 0 Å². The molecule has 0 radical (unpaired) electrons. The molecule has 0 aliphatic heterocycles. The van der Waals surface area contributed by atoms with Crippen molar-refractivity contribution in [3.63, 3.8) is 0 Å². The molecule has 0 aromatic rings. The van der Waals surface area contributed by atoms with Crippen LogP contribution >= 0.6 is 0 Å². The fourth-order valence-corrected chi connectivity index (χ4v) is 0.392. The first kappa shape index (κ1) is 13.9. The summed E-state index contributed by atoms with van der Waals surface area (Å²) in [6, 6.07) is 0. The van der Waals surface area contributed by atoms with Crippen molar-refractivity contribution in [2.45, 2.75) is 40.0 Å². The lowest BCUT2D eigenvalue weighted by Gasteiger charge is -1.84. The lowest BCUT2D eigenvalue weighted by Crippen LogP contribution is -1.75. The van der Waals surface area contributed by atoms with Gasteiger partial charge in [0.05, 0.1) is 0 Å². The molecule has 0 bridgehead atoms. The highest BCUT2D eigenvalue weighted by Crippen LogP contribution is 1.93. The maximum atomic E-state index is 9.70. The average molecular weight is 172 g/mol. The Labute approximate surface area is 75.3 Å². The van der Waals surface area contributed by atoms with Crippen molar-refractivity contribution in [3.05, 3.63) is 11.6 Å². The van der Waals surface area contributed by atoms with Gasteiger partial charge >= 0.3 is 0 Å². The monoisotopic (exact) mass is 172 g/mol. The first-order valence-corrected chi connectivity index (χ1v) is 4.44. The number of unbranched alkanes of at least 4 members (excludes halogenated alkanes) is 1. The van der Waals surface area contributed by atoms with Gasteiger partial charge in [0.2, 0.25) is 0 Å². The van der Waals surface area contributed by atoms with E-state index < -0.39 is 0 Å². The van der Waals surface area contributed by atoms with E-state index in [1.807, 2.05) is 13.8 Å². The Morgan fingerprint density at radius 2 is 2.00 bits per heavy atom. The third-order valence-electron chi connectivity index (χ3n) is 1.42. The van der Waals surface area contributed by atoms with E-state index in [-0.39, 0.29) is 0 Å². The minimum Gasteiger partial charge on any atom is -0.396 e. The van der Waals surface area contributed by atoms with E-state index in [1.54, 1.807) is 6.08 Å². The summed E-state index contributed by atoms with van der Waals surface area (Å²) in [5.74, 6) is 0. The molecule has 2 heteroatoms. The largest absolute Gasteiger partial charge is 0.396 e. The highest BCUT2D eigenvalue weighted by Gasteiger charge is 1.76. The highest BCUT2D eigenvalue weighted by atomic mass is 16.2. The molecule has 0 spiro atoms. The molecule has 0 heterocycles. The molecular weight excluding hydrogens is 152 g/mol. The molecule has 0 fully saturated rings. The second-order valence-electron chi connectivity index (χ2n) is 2.58. The molecule has 2 nitrogen and oxygen atoms in total. The lowest BCUT2D eigenvalue weighted by atomic mass is 10.2. The molecule has 1 N–H and O–H groups in total. The average Bonchev–Trinajstić information content (AvgIpc) is 2.07. The van der Waals surface area contributed by atoms with Gasteiger partial charge in [-0.05, 0) is 25.8 Å². The van der Waals surface area contributed by atoms with Crippen LogP contribution in [0.4, 0.5) is 0 Å². The van der Waals surface area contributed by atoms with Gasteiger partial charge in [-0.2, -0.15) is 0 Å². The molecule has 0 saturated heterocycles. The van der Waals surface area contributed by atoms with Gasteiger partial charge in [0.15, 0.2) is 0 Å². The summed E-state index contributed by atoms with van der Waals surface area (Å²) in [5.41, 5.74) is 1.13. The predicted molar refractivity (Wildman–Crippen MR) is 52.1 cm³/mol. The summed E-state index contributed by atoms with van der Waals surface area (Å²) in [4.78, 5) is 9.70. The Balaban J connectivity index is 0. The first-order chi connectivity index (χ1) is 5.72. The van der Waals surface area contributed by atoms with E-state index in [1.165, 1.54) is 0 Å². The zero-order valence-electron chi connectivity index (χ0n) is 8.34. The number of aldehydes is 1. The summed E-state index contributed by atoms with van der Waals surface area (Å²) in [5, 5.41) is 8.07. The quantitative estimate of drug-likeness (QED) is 0.522. The number of hydrogen-bond acceptors (Lipinski definition) is 2. The van der Waals surface area contributed by atoms with Crippen molar-refractivity contribution in [2.75, 3.05) is 6.61 Å². The molecular formula is C10H20O2. The number of aliphatic hydroxyl groups excluding tert-OH is 1. The third kappa shape index (κ3) is 16.2. The van der Waals surface area contributed by atoms with Gasteiger partial charge in [0.1, 0.15) is 6.29 Å². The van der Waals surface area contributed by atoms with Crippen LogP contribution in [0.5, 0.6) is 0 Å². The Hall–Kier alpha value is -0.630. The van der Waals surface area contributed by atoms with Crippen molar-refractivity contribution in [1.29, 1.82) is 0 Å². The number of allylic oxidation sites excluding steroid dienone is 2. The SMILES string of the molecule is CCC(C)=CC=O.CCCCO. The zero-order chi connectivity index (χ0) is 9.82. The van der Waals surface area contributed by atoms with Crippen molar-refractivity contribution in [2.24, 2.45) is 0 Å². The maximum absolute atomic E-state index is 9.70. The summed E-state index contributed by atoms with van der Waals surface area (Å²) >= 11 is 0. The number of carbonyl (C=O) groups excluding carboxylic acids is 1. The van der Waals surface area contributed by atoms with Gasteiger partial charge in [-0.3, -0.25) is 4.79 Å². The van der Waals surface area contributed by atoms with Crippen LogP contribution in [0.2, 0.25) is 0 Å². The third-order valence-corrected chi connectivity index (χ3v) is 1.42. The van der Waals surface area contributed by atoms with Crippen LogP contribution in [0.1, 0.15) is 40.0 Å². The molecule has 0 aliphatic carbocycles. The number of rotatable bonds is 4. The minimum atomic E-state index is 0.344. The van der Waals surface area contributed by atoms with E-state index in [4.69, 9.17) is 5.11 Å². The summed E-state index contributed by atoms with van der Waals surface area (Å²) < 4.78 is 0. The second kappa shape index (κ2) is 13.0. The van der Waals surface area contributed by atoms with Gasteiger partial charge in [0.25, 0.3) is 0 Å². The molecule has 0 rings (SSSR count). The van der Waals surface area contributed by atoms with Crippen LogP contribution in [0.3, 0.4) is 0 Å². The zero-order valence-corrected chi connectivity index (χ0v) is 8.34. The minimum absolute atomic E-state index is 0.344. The maximum Gasteiger partial charge on any atom is 0.142 e. The molecule has 0 atom stereocenters. The van der Waals surface area contributed by atoms with Crippen molar-refractivity contribution >= 4 is 6.29 Å². The number of carbonyl (C=O) groups is 1. The normalized spacial score (nSPS) is 10.2. The molecule has 0 amide bonds.